The van der Waals surface area contributed by atoms with Crippen molar-refractivity contribution in [1.29, 1.82) is 5.26 Å². The average Bonchev–Trinajstić information content (AvgIpc) is 3.17. The quantitative estimate of drug-likeness (QED) is 0.405. The molecule has 0 saturated carbocycles. The number of carbonyl (C=O) groups is 1. The molecule has 1 aromatic carbocycles. The summed E-state index contributed by atoms with van der Waals surface area (Å²) in [6.07, 6.45) is 2.89. The number of rotatable bonds is 6. The first-order valence-electron chi connectivity index (χ1n) is 10.7. The first-order valence-corrected chi connectivity index (χ1v) is 12.5. The molecule has 1 aliphatic rings. The molecule has 1 aliphatic heterocycles. The second kappa shape index (κ2) is 9.60. The van der Waals surface area contributed by atoms with Crippen molar-refractivity contribution in [3.63, 3.8) is 0 Å². The van der Waals surface area contributed by atoms with Gasteiger partial charge in [0.1, 0.15) is 22.9 Å². The molecule has 35 heavy (non-hydrogen) atoms. The van der Waals surface area contributed by atoms with E-state index in [0.717, 1.165) is 6.08 Å². The van der Waals surface area contributed by atoms with Crippen LogP contribution in [-0.2, 0) is 14.6 Å². The fourth-order valence-corrected chi connectivity index (χ4v) is 5.44. The molecule has 3 aromatic rings. The second-order valence-electron chi connectivity index (χ2n) is 8.02. The fourth-order valence-electron chi connectivity index (χ4n) is 3.77. The summed E-state index contributed by atoms with van der Waals surface area (Å²) >= 11 is 0. The lowest BCUT2D eigenvalue weighted by atomic mass is 10.1. The molecular formula is C24H22N4O6S. The van der Waals surface area contributed by atoms with Crippen LogP contribution in [0.2, 0.25) is 0 Å². The number of methoxy groups -OCH3 is 1. The zero-order valence-corrected chi connectivity index (χ0v) is 19.8. The highest BCUT2D eigenvalue weighted by Crippen LogP contribution is 2.32. The Morgan fingerprint density at radius 1 is 1.26 bits per heavy atom. The molecule has 1 unspecified atom stereocenters. The monoisotopic (exact) mass is 494 g/mol. The molecule has 10 nitrogen and oxygen atoms in total. The molecule has 0 aliphatic carbocycles. The van der Waals surface area contributed by atoms with E-state index in [1.807, 2.05) is 0 Å². The van der Waals surface area contributed by atoms with Gasteiger partial charge in [-0.05, 0) is 43.2 Å². The summed E-state index contributed by atoms with van der Waals surface area (Å²) in [5, 5.41) is 12.2. The number of hydrogen-bond donors (Lipinski definition) is 1. The maximum Gasteiger partial charge on any atom is 0.269 e. The molecule has 1 amide bonds. The number of fused-ring (bicyclic) bond motifs is 1. The number of ether oxygens (including phenoxy) is 2. The maximum absolute atomic E-state index is 13.4. The lowest BCUT2D eigenvalue weighted by molar-refractivity contribution is -0.117. The predicted molar refractivity (Wildman–Crippen MR) is 128 cm³/mol. The van der Waals surface area contributed by atoms with Crippen LogP contribution in [-0.4, -0.2) is 48.4 Å². The number of aromatic nitrogens is 2. The average molecular weight is 495 g/mol. The fraction of sp³-hybridized carbons (Fsp3) is 0.250. The number of pyridine rings is 1. The van der Waals surface area contributed by atoms with Crippen LogP contribution in [0.1, 0.15) is 17.5 Å². The molecule has 1 atom stereocenters. The van der Waals surface area contributed by atoms with E-state index in [9.17, 15) is 23.3 Å². The third-order valence-electron chi connectivity index (χ3n) is 5.55. The van der Waals surface area contributed by atoms with Gasteiger partial charge in [0.15, 0.2) is 21.3 Å². The molecule has 0 bridgehead atoms. The molecule has 3 heterocycles. The number of carbonyl (C=O) groups excluding carboxylic acids is 1. The Labute approximate surface area is 201 Å². The molecule has 1 saturated heterocycles. The largest absolute Gasteiger partial charge is 0.493 e. The van der Waals surface area contributed by atoms with Gasteiger partial charge < -0.3 is 14.8 Å². The number of para-hydroxylation sites is 2. The van der Waals surface area contributed by atoms with Crippen molar-refractivity contribution in [2.45, 2.75) is 19.4 Å². The van der Waals surface area contributed by atoms with Gasteiger partial charge in [0, 0.05) is 12.2 Å². The summed E-state index contributed by atoms with van der Waals surface area (Å²) in [7, 11) is -1.76. The number of aryl methyl sites for hydroxylation is 1. The van der Waals surface area contributed by atoms with E-state index in [-0.39, 0.29) is 40.7 Å². The van der Waals surface area contributed by atoms with Gasteiger partial charge >= 0.3 is 0 Å². The minimum absolute atomic E-state index is 0.0320. The van der Waals surface area contributed by atoms with Crippen LogP contribution in [0.4, 0.5) is 0 Å². The maximum atomic E-state index is 13.4. The van der Waals surface area contributed by atoms with E-state index in [1.54, 1.807) is 49.4 Å². The van der Waals surface area contributed by atoms with Crippen LogP contribution in [0.15, 0.2) is 53.0 Å². The molecule has 180 valence electrons. The standard InChI is InChI=1S/C24H22N4O6S/c1-15-6-5-10-28-21(15)27-23(34-20-8-4-3-7-19(20)33-2)18(24(28)30)12-16(13-25)22(29)26-17-9-11-35(31,32)14-17/h3-8,10,12,17H,9,11,14H2,1-2H3,(H,26,29). The number of amides is 1. The Bertz CT molecular complexity index is 1550. The van der Waals surface area contributed by atoms with Gasteiger partial charge in [-0.3, -0.25) is 14.0 Å². The van der Waals surface area contributed by atoms with Crippen LogP contribution >= 0.6 is 0 Å². The Kier molecular flexibility index (Phi) is 6.57. The van der Waals surface area contributed by atoms with E-state index in [4.69, 9.17) is 9.47 Å². The third kappa shape index (κ3) is 5.02. The number of hydrogen-bond acceptors (Lipinski definition) is 8. The van der Waals surface area contributed by atoms with E-state index in [1.165, 1.54) is 17.7 Å². The Hall–Kier alpha value is -4.17. The molecular weight excluding hydrogens is 472 g/mol. The normalized spacial score (nSPS) is 17.1. The minimum Gasteiger partial charge on any atom is -0.493 e. The van der Waals surface area contributed by atoms with E-state index in [0.29, 0.717) is 17.0 Å². The highest BCUT2D eigenvalue weighted by Gasteiger charge is 2.30. The first-order chi connectivity index (χ1) is 16.7. The van der Waals surface area contributed by atoms with Gasteiger partial charge in [0.05, 0.1) is 18.6 Å². The van der Waals surface area contributed by atoms with Crippen molar-refractivity contribution >= 4 is 27.5 Å². The number of nitrogens with zero attached hydrogens (tertiary/aromatic N) is 3. The Balaban J connectivity index is 1.81. The van der Waals surface area contributed by atoms with Gasteiger partial charge in [-0.25, -0.2) is 8.42 Å². The topological polar surface area (TPSA) is 140 Å². The molecule has 0 radical (unpaired) electrons. The van der Waals surface area contributed by atoms with Crippen LogP contribution in [0.5, 0.6) is 17.4 Å². The number of nitrogens with one attached hydrogen (secondary N) is 1. The third-order valence-corrected chi connectivity index (χ3v) is 7.31. The molecule has 4 rings (SSSR count). The number of sulfone groups is 1. The van der Waals surface area contributed by atoms with Gasteiger partial charge in [0.2, 0.25) is 5.88 Å². The summed E-state index contributed by atoms with van der Waals surface area (Å²) in [5.41, 5.74) is 0.00684. The van der Waals surface area contributed by atoms with Crippen LogP contribution in [0, 0.1) is 18.3 Å². The SMILES string of the molecule is COc1ccccc1Oc1nc2c(C)cccn2c(=O)c1C=C(C#N)C(=O)NC1CCS(=O)(=O)C1. The summed E-state index contributed by atoms with van der Waals surface area (Å²) in [6, 6.07) is 11.4. The van der Waals surface area contributed by atoms with Crippen molar-refractivity contribution in [2.75, 3.05) is 18.6 Å². The zero-order valence-electron chi connectivity index (χ0n) is 19.0. The van der Waals surface area contributed by atoms with Crippen molar-refractivity contribution in [3.8, 4) is 23.4 Å². The number of benzene rings is 1. The molecule has 1 fully saturated rings. The van der Waals surface area contributed by atoms with E-state index < -0.39 is 27.3 Å². The van der Waals surface area contributed by atoms with Crippen LogP contribution in [0.3, 0.4) is 0 Å². The number of nitriles is 1. The lowest BCUT2D eigenvalue weighted by Gasteiger charge is -2.14. The second-order valence-corrected chi connectivity index (χ2v) is 10.2. The summed E-state index contributed by atoms with van der Waals surface area (Å²) in [4.78, 5) is 30.6. The van der Waals surface area contributed by atoms with Gasteiger partial charge in [-0.1, -0.05) is 18.2 Å². The minimum atomic E-state index is -3.23. The Morgan fingerprint density at radius 2 is 2.00 bits per heavy atom. The molecule has 2 aromatic heterocycles. The smallest absolute Gasteiger partial charge is 0.269 e. The van der Waals surface area contributed by atoms with E-state index >= 15 is 0 Å². The van der Waals surface area contributed by atoms with Gasteiger partial charge in [0.25, 0.3) is 11.5 Å². The highest BCUT2D eigenvalue weighted by atomic mass is 32.2. The predicted octanol–water partition coefficient (Wildman–Crippen LogP) is 2.01. The first kappa shape index (κ1) is 24.0. The van der Waals surface area contributed by atoms with E-state index in [2.05, 4.69) is 10.3 Å². The van der Waals surface area contributed by atoms with Gasteiger partial charge in [-0.2, -0.15) is 10.2 Å². The summed E-state index contributed by atoms with van der Waals surface area (Å²) in [6.45, 7) is 1.79. The van der Waals surface area contributed by atoms with Crippen LogP contribution in [0.25, 0.3) is 11.7 Å². The zero-order chi connectivity index (χ0) is 25.2. The Morgan fingerprint density at radius 3 is 2.66 bits per heavy atom. The molecule has 0 spiro atoms. The van der Waals surface area contributed by atoms with Crippen molar-refractivity contribution in [1.82, 2.24) is 14.7 Å². The molecule has 1 N–H and O–H groups in total. The summed E-state index contributed by atoms with van der Waals surface area (Å²) in [5.74, 6) is -0.442. The summed E-state index contributed by atoms with van der Waals surface area (Å²) < 4.78 is 36.0. The molecule has 11 heteroatoms. The van der Waals surface area contributed by atoms with Crippen molar-refractivity contribution in [3.05, 3.63) is 69.6 Å². The van der Waals surface area contributed by atoms with Gasteiger partial charge in [-0.15, -0.1) is 0 Å². The highest BCUT2D eigenvalue weighted by molar-refractivity contribution is 7.91. The van der Waals surface area contributed by atoms with Crippen molar-refractivity contribution in [2.24, 2.45) is 0 Å². The lowest BCUT2D eigenvalue weighted by Crippen LogP contribution is -2.36. The van der Waals surface area contributed by atoms with Crippen molar-refractivity contribution < 1.29 is 22.7 Å². The van der Waals surface area contributed by atoms with Crippen LogP contribution < -0.4 is 20.3 Å².